The zero-order valence-corrected chi connectivity index (χ0v) is 12.9. The lowest BCUT2D eigenvalue weighted by Gasteiger charge is -2.02. The van der Waals surface area contributed by atoms with E-state index >= 15 is 0 Å². The highest BCUT2D eigenvalue weighted by molar-refractivity contribution is 9.10. The molecule has 0 nitrogen and oxygen atoms in total. The molecule has 0 aliphatic rings. The molecule has 0 aliphatic heterocycles. The summed E-state index contributed by atoms with van der Waals surface area (Å²) in [5.41, 5.74) is 0. The van der Waals surface area contributed by atoms with Crippen LogP contribution in [0.4, 0.5) is 0 Å². The van der Waals surface area contributed by atoms with Gasteiger partial charge < -0.3 is 0 Å². The van der Waals surface area contributed by atoms with E-state index in [2.05, 4.69) is 52.3 Å². The van der Waals surface area contributed by atoms with Crippen molar-refractivity contribution in [1.82, 2.24) is 0 Å². The van der Waals surface area contributed by atoms with Crippen molar-refractivity contribution in [2.24, 2.45) is 0 Å². The molecule has 0 spiro atoms. The Morgan fingerprint density at radius 3 is 2.68 bits per heavy atom. The zero-order chi connectivity index (χ0) is 13.0. The first-order valence-electron chi connectivity index (χ1n) is 5.93. The summed E-state index contributed by atoms with van der Waals surface area (Å²) in [6, 6.07) is 16.7. The van der Waals surface area contributed by atoms with Gasteiger partial charge in [0.1, 0.15) is 0 Å². The summed E-state index contributed by atoms with van der Waals surface area (Å²) in [4.78, 5) is 0. The third-order valence-electron chi connectivity index (χ3n) is 3.39. The molecule has 0 aliphatic carbocycles. The Balaban J connectivity index is 2.38. The second kappa shape index (κ2) is 4.20. The van der Waals surface area contributed by atoms with Crippen molar-refractivity contribution in [2.45, 2.75) is 0 Å². The van der Waals surface area contributed by atoms with Crippen LogP contribution in [0.2, 0.25) is 5.02 Å². The highest BCUT2D eigenvalue weighted by Gasteiger charge is 2.13. The standard InChI is InChI=1S/C16H8BrClS/c17-11-8-9-4-1-2-5-10(9)16-14(11)15-12(18)6-3-7-13(15)19-16/h1-8H. The second-order valence-electron chi connectivity index (χ2n) is 4.50. The van der Waals surface area contributed by atoms with Crippen molar-refractivity contribution in [3.63, 3.8) is 0 Å². The molecule has 0 N–H and O–H groups in total. The molecule has 1 aromatic heterocycles. The highest BCUT2D eigenvalue weighted by Crippen LogP contribution is 2.44. The van der Waals surface area contributed by atoms with Crippen molar-refractivity contribution >= 4 is 69.8 Å². The summed E-state index contributed by atoms with van der Waals surface area (Å²) in [7, 11) is 0. The molecule has 0 bridgehead atoms. The smallest absolute Gasteiger partial charge is 0.0499 e. The van der Waals surface area contributed by atoms with Crippen LogP contribution >= 0.6 is 38.9 Å². The maximum atomic E-state index is 6.39. The predicted octanol–water partition coefficient (Wildman–Crippen LogP) is 6.62. The Kier molecular flexibility index (Phi) is 2.59. The first kappa shape index (κ1) is 11.7. The molecule has 92 valence electrons. The molecular formula is C16H8BrClS. The number of rotatable bonds is 0. The normalized spacial score (nSPS) is 11.7. The van der Waals surface area contributed by atoms with Crippen LogP contribution < -0.4 is 0 Å². The Hall–Kier alpha value is -1.09. The molecule has 0 saturated heterocycles. The van der Waals surface area contributed by atoms with E-state index in [-0.39, 0.29) is 0 Å². The fourth-order valence-corrected chi connectivity index (χ4v) is 4.95. The minimum atomic E-state index is 0.819. The Bertz CT molecular complexity index is 940. The largest absolute Gasteiger partial charge is 0.134 e. The maximum Gasteiger partial charge on any atom is 0.0499 e. The third kappa shape index (κ3) is 1.64. The van der Waals surface area contributed by atoms with Gasteiger partial charge in [-0.25, -0.2) is 0 Å². The lowest BCUT2D eigenvalue weighted by molar-refractivity contribution is 1.79. The van der Waals surface area contributed by atoms with Gasteiger partial charge in [-0.2, -0.15) is 0 Å². The second-order valence-corrected chi connectivity index (χ2v) is 6.81. The molecule has 0 amide bonds. The van der Waals surface area contributed by atoms with Gasteiger partial charge in [0, 0.05) is 29.7 Å². The van der Waals surface area contributed by atoms with E-state index in [0.29, 0.717) is 0 Å². The van der Waals surface area contributed by atoms with Crippen LogP contribution in [0.5, 0.6) is 0 Å². The van der Waals surface area contributed by atoms with E-state index in [0.717, 1.165) is 14.9 Å². The van der Waals surface area contributed by atoms with Crippen molar-refractivity contribution in [3.8, 4) is 0 Å². The molecule has 0 atom stereocenters. The van der Waals surface area contributed by atoms with E-state index in [4.69, 9.17) is 11.6 Å². The predicted molar refractivity (Wildman–Crippen MR) is 89.5 cm³/mol. The highest BCUT2D eigenvalue weighted by atomic mass is 79.9. The lowest BCUT2D eigenvalue weighted by Crippen LogP contribution is -1.75. The molecule has 3 aromatic carbocycles. The molecule has 4 rings (SSSR count). The summed E-state index contributed by atoms with van der Waals surface area (Å²) < 4.78 is 3.65. The fraction of sp³-hybridized carbons (Fsp3) is 0. The maximum absolute atomic E-state index is 6.39. The summed E-state index contributed by atoms with van der Waals surface area (Å²) in [5, 5.41) is 5.74. The Labute approximate surface area is 127 Å². The van der Waals surface area contributed by atoms with E-state index < -0.39 is 0 Å². The van der Waals surface area contributed by atoms with Crippen molar-refractivity contribution in [1.29, 1.82) is 0 Å². The van der Waals surface area contributed by atoms with Crippen molar-refractivity contribution in [2.75, 3.05) is 0 Å². The number of halogens is 2. The van der Waals surface area contributed by atoms with Crippen molar-refractivity contribution < 1.29 is 0 Å². The van der Waals surface area contributed by atoms with Gasteiger partial charge in [0.05, 0.1) is 0 Å². The zero-order valence-electron chi connectivity index (χ0n) is 9.78. The first-order chi connectivity index (χ1) is 9.25. The van der Waals surface area contributed by atoms with Gasteiger partial charge in [-0.15, -0.1) is 11.3 Å². The molecular weight excluding hydrogens is 340 g/mol. The van der Waals surface area contributed by atoms with Crippen LogP contribution in [0.15, 0.2) is 53.0 Å². The van der Waals surface area contributed by atoms with Gasteiger partial charge in [0.15, 0.2) is 0 Å². The summed E-state index contributed by atoms with van der Waals surface area (Å²) >= 11 is 11.9. The molecule has 0 radical (unpaired) electrons. The minimum absolute atomic E-state index is 0.819. The molecule has 3 heteroatoms. The van der Waals surface area contributed by atoms with Crippen molar-refractivity contribution in [3.05, 3.63) is 58.0 Å². The van der Waals surface area contributed by atoms with E-state index in [9.17, 15) is 0 Å². The van der Waals surface area contributed by atoms with Gasteiger partial charge in [0.2, 0.25) is 0 Å². The van der Waals surface area contributed by atoms with Gasteiger partial charge in [-0.3, -0.25) is 0 Å². The number of thiophene rings is 1. The Morgan fingerprint density at radius 2 is 1.79 bits per heavy atom. The SMILES string of the molecule is Clc1cccc2sc3c4ccccc4cc(Br)c3c12. The van der Waals surface area contributed by atoms with Crippen LogP contribution in [-0.4, -0.2) is 0 Å². The minimum Gasteiger partial charge on any atom is -0.134 e. The quantitative estimate of drug-likeness (QED) is 0.335. The first-order valence-corrected chi connectivity index (χ1v) is 7.92. The number of benzene rings is 3. The molecule has 0 saturated carbocycles. The van der Waals surface area contributed by atoms with Crippen LogP contribution in [-0.2, 0) is 0 Å². The molecule has 0 unspecified atom stereocenters. The number of hydrogen-bond acceptors (Lipinski definition) is 1. The van der Waals surface area contributed by atoms with Crippen LogP contribution in [0.25, 0.3) is 30.9 Å². The van der Waals surface area contributed by atoms with Gasteiger partial charge in [0.25, 0.3) is 0 Å². The number of hydrogen-bond donors (Lipinski definition) is 0. The Morgan fingerprint density at radius 1 is 0.947 bits per heavy atom. The average molecular weight is 348 g/mol. The van der Waals surface area contributed by atoms with Gasteiger partial charge in [-0.05, 0) is 29.0 Å². The lowest BCUT2D eigenvalue weighted by atomic mass is 10.1. The average Bonchev–Trinajstić information content (AvgIpc) is 2.80. The molecule has 1 heterocycles. The molecule has 0 fully saturated rings. The van der Waals surface area contributed by atoms with E-state index in [1.807, 2.05) is 12.1 Å². The summed E-state index contributed by atoms with van der Waals surface area (Å²) in [5.74, 6) is 0. The molecule has 4 aromatic rings. The topological polar surface area (TPSA) is 0 Å². The number of fused-ring (bicyclic) bond motifs is 5. The van der Waals surface area contributed by atoms with Gasteiger partial charge in [-0.1, -0.05) is 57.9 Å². The summed E-state index contributed by atoms with van der Waals surface area (Å²) in [6.45, 7) is 0. The monoisotopic (exact) mass is 346 g/mol. The van der Waals surface area contributed by atoms with Crippen LogP contribution in [0.1, 0.15) is 0 Å². The molecule has 19 heavy (non-hydrogen) atoms. The van der Waals surface area contributed by atoms with Gasteiger partial charge >= 0.3 is 0 Å². The van der Waals surface area contributed by atoms with E-state index in [1.165, 1.54) is 25.6 Å². The fourth-order valence-electron chi connectivity index (χ4n) is 2.56. The van der Waals surface area contributed by atoms with E-state index in [1.54, 1.807) is 11.3 Å². The van der Waals surface area contributed by atoms with Crippen LogP contribution in [0.3, 0.4) is 0 Å². The summed E-state index contributed by atoms with van der Waals surface area (Å²) in [6.07, 6.45) is 0. The third-order valence-corrected chi connectivity index (χ3v) is 5.52. The van der Waals surface area contributed by atoms with Crippen LogP contribution in [0, 0.1) is 0 Å².